The second-order valence-corrected chi connectivity index (χ2v) is 8.34. The normalized spacial score (nSPS) is 11.5. The van der Waals surface area contributed by atoms with E-state index in [0.717, 1.165) is 27.9 Å². The molecule has 0 bridgehead atoms. The summed E-state index contributed by atoms with van der Waals surface area (Å²) in [7, 11) is 3.13. The number of carbonyl (C=O) groups is 1. The lowest BCUT2D eigenvalue weighted by molar-refractivity contribution is -0.137. The van der Waals surface area contributed by atoms with E-state index in [1.54, 1.807) is 32.4 Å². The monoisotopic (exact) mass is 474 g/mol. The number of ether oxygens (including phenoxy) is 2. The molecule has 4 aromatic rings. The van der Waals surface area contributed by atoms with Gasteiger partial charge in [-0.15, -0.1) is 11.3 Å². The molecule has 172 valence electrons. The molecule has 1 N–H and O–H groups in total. The molecular weight excluding hydrogens is 453 g/mol. The molecule has 0 aliphatic carbocycles. The lowest BCUT2D eigenvalue weighted by Crippen LogP contribution is -2.25. The smallest absolute Gasteiger partial charge is 0.416 e. The second-order valence-electron chi connectivity index (χ2n) is 7.39. The average Bonchev–Trinajstić information content (AvgIpc) is 3.39. The molecule has 0 atom stereocenters. The number of amides is 1. The SMILES string of the molecule is COc1cc(Cn2c(C(=O)NCc3cccc(C(F)(F)F)c3)cc3sccc32)cc(OC)c1. The Morgan fingerprint density at radius 1 is 1.00 bits per heavy atom. The third kappa shape index (κ3) is 4.98. The van der Waals surface area contributed by atoms with E-state index >= 15 is 0 Å². The molecule has 33 heavy (non-hydrogen) atoms. The van der Waals surface area contributed by atoms with Crippen molar-refractivity contribution in [3.63, 3.8) is 0 Å². The maximum atomic E-state index is 13.0. The van der Waals surface area contributed by atoms with Gasteiger partial charge in [-0.1, -0.05) is 12.1 Å². The Hall–Kier alpha value is -3.46. The van der Waals surface area contributed by atoms with Gasteiger partial charge < -0.3 is 19.4 Å². The first-order valence-corrected chi connectivity index (χ1v) is 10.9. The lowest BCUT2D eigenvalue weighted by atomic mass is 10.1. The summed E-state index contributed by atoms with van der Waals surface area (Å²) in [6.45, 7) is 0.370. The van der Waals surface area contributed by atoms with Crippen LogP contribution in [0.15, 0.2) is 60.0 Å². The highest BCUT2D eigenvalue weighted by Gasteiger charge is 2.30. The van der Waals surface area contributed by atoms with Crippen molar-refractivity contribution in [3.8, 4) is 11.5 Å². The number of methoxy groups -OCH3 is 2. The topological polar surface area (TPSA) is 52.5 Å². The largest absolute Gasteiger partial charge is 0.497 e. The number of alkyl halides is 3. The van der Waals surface area contributed by atoms with Gasteiger partial charge in [0.1, 0.15) is 17.2 Å². The van der Waals surface area contributed by atoms with Crippen LogP contribution >= 0.6 is 11.3 Å². The molecule has 0 spiro atoms. The molecule has 0 fully saturated rings. The average molecular weight is 475 g/mol. The fourth-order valence-corrected chi connectivity index (χ4v) is 4.43. The summed E-state index contributed by atoms with van der Waals surface area (Å²) in [4.78, 5) is 13.0. The van der Waals surface area contributed by atoms with Gasteiger partial charge in [0.05, 0.1) is 30.0 Å². The van der Waals surface area contributed by atoms with Crippen molar-refractivity contribution in [2.24, 2.45) is 0 Å². The van der Waals surface area contributed by atoms with Crippen molar-refractivity contribution in [1.82, 2.24) is 9.88 Å². The van der Waals surface area contributed by atoms with Crippen LogP contribution in [0.3, 0.4) is 0 Å². The van der Waals surface area contributed by atoms with Crippen molar-refractivity contribution in [2.45, 2.75) is 19.3 Å². The molecule has 0 saturated heterocycles. The highest BCUT2D eigenvalue weighted by molar-refractivity contribution is 7.17. The molecule has 1 amide bonds. The molecule has 0 saturated carbocycles. The summed E-state index contributed by atoms with van der Waals surface area (Å²) < 4.78 is 52.4. The number of hydrogen-bond donors (Lipinski definition) is 1. The number of rotatable bonds is 7. The van der Waals surface area contributed by atoms with E-state index in [0.29, 0.717) is 29.3 Å². The molecule has 0 aliphatic heterocycles. The van der Waals surface area contributed by atoms with Gasteiger partial charge in [-0.25, -0.2) is 0 Å². The van der Waals surface area contributed by atoms with Crippen LogP contribution in [0.2, 0.25) is 0 Å². The number of thiophene rings is 1. The predicted molar refractivity (Wildman–Crippen MR) is 121 cm³/mol. The van der Waals surface area contributed by atoms with Crippen molar-refractivity contribution in [2.75, 3.05) is 14.2 Å². The Morgan fingerprint density at radius 3 is 2.39 bits per heavy atom. The van der Waals surface area contributed by atoms with Crippen LogP contribution in [0.25, 0.3) is 10.2 Å². The fraction of sp³-hybridized carbons (Fsp3) is 0.208. The molecule has 9 heteroatoms. The summed E-state index contributed by atoms with van der Waals surface area (Å²) >= 11 is 1.51. The standard InChI is InChI=1S/C24H21F3N2O3S/c1-31-18-9-16(10-19(11-18)32-2)14-29-20-6-7-33-22(20)12-21(29)23(30)28-13-15-4-3-5-17(8-15)24(25,26)27/h3-12H,13-14H2,1-2H3,(H,28,30). The van der Waals surface area contributed by atoms with E-state index in [-0.39, 0.29) is 12.5 Å². The zero-order chi connectivity index (χ0) is 23.6. The van der Waals surface area contributed by atoms with E-state index in [1.165, 1.54) is 17.4 Å². The molecule has 0 unspecified atom stereocenters. The zero-order valence-corrected chi connectivity index (χ0v) is 18.7. The molecule has 2 heterocycles. The van der Waals surface area contributed by atoms with Crippen LogP contribution in [-0.2, 0) is 19.3 Å². The summed E-state index contributed by atoms with van der Waals surface area (Å²) in [5, 5.41) is 4.69. The molecule has 5 nitrogen and oxygen atoms in total. The highest BCUT2D eigenvalue weighted by Crippen LogP contribution is 2.30. The summed E-state index contributed by atoms with van der Waals surface area (Å²) in [5.74, 6) is 0.896. The number of carbonyl (C=O) groups excluding carboxylic acids is 1. The number of halogens is 3. The maximum Gasteiger partial charge on any atom is 0.416 e. The predicted octanol–water partition coefficient (Wildman–Crippen LogP) is 5.72. The van der Waals surface area contributed by atoms with Crippen molar-refractivity contribution >= 4 is 27.5 Å². The van der Waals surface area contributed by atoms with Crippen LogP contribution < -0.4 is 14.8 Å². The van der Waals surface area contributed by atoms with Crippen molar-refractivity contribution in [3.05, 3.63) is 82.4 Å². The van der Waals surface area contributed by atoms with Gasteiger partial charge >= 0.3 is 6.18 Å². The van der Waals surface area contributed by atoms with Gasteiger partial charge in [0.15, 0.2) is 0 Å². The van der Waals surface area contributed by atoms with Crippen LogP contribution in [-0.4, -0.2) is 24.7 Å². The molecule has 0 radical (unpaired) electrons. The minimum atomic E-state index is -4.43. The van der Waals surface area contributed by atoms with E-state index < -0.39 is 11.7 Å². The third-order valence-electron chi connectivity index (χ3n) is 5.21. The Balaban J connectivity index is 1.60. The summed E-state index contributed by atoms with van der Waals surface area (Å²) in [6, 6.07) is 14.2. The lowest BCUT2D eigenvalue weighted by Gasteiger charge is -2.13. The molecule has 0 aliphatic rings. The van der Waals surface area contributed by atoms with Gasteiger partial charge in [0, 0.05) is 19.2 Å². The summed E-state index contributed by atoms with van der Waals surface area (Å²) in [5.41, 5.74) is 1.82. The van der Waals surface area contributed by atoms with E-state index in [4.69, 9.17) is 9.47 Å². The van der Waals surface area contributed by atoms with Crippen molar-refractivity contribution < 1.29 is 27.4 Å². The number of nitrogens with one attached hydrogen (secondary N) is 1. The van der Waals surface area contributed by atoms with Gasteiger partial charge in [-0.2, -0.15) is 13.2 Å². The number of nitrogens with zero attached hydrogens (tertiary/aromatic N) is 1. The Kier molecular flexibility index (Phi) is 6.33. The second kappa shape index (κ2) is 9.19. The molecule has 2 aromatic heterocycles. The highest BCUT2D eigenvalue weighted by atomic mass is 32.1. The van der Waals surface area contributed by atoms with E-state index in [1.807, 2.05) is 28.1 Å². The first-order chi connectivity index (χ1) is 15.8. The van der Waals surface area contributed by atoms with Crippen LogP contribution in [0.5, 0.6) is 11.5 Å². The Labute approximate surface area is 192 Å². The van der Waals surface area contributed by atoms with E-state index in [9.17, 15) is 18.0 Å². The van der Waals surface area contributed by atoms with Crippen LogP contribution in [0.4, 0.5) is 13.2 Å². The van der Waals surface area contributed by atoms with Crippen molar-refractivity contribution in [1.29, 1.82) is 0 Å². The molecular formula is C24H21F3N2O3S. The maximum absolute atomic E-state index is 13.0. The molecule has 4 rings (SSSR count). The minimum absolute atomic E-state index is 0.0193. The fourth-order valence-electron chi connectivity index (χ4n) is 3.61. The molecule has 2 aromatic carbocycles. The van der Waals surface area contributed by atoms with E-state index in [2.05, 4.69) is 5.32 Å². The third-order valence-corrected chi connectivity index (χ3v) is 6.07. The quantitative estimate of drug-likeness (QED) is 0.373. The van der Waals surface area contributed by atoms with Gasteiger partial charge in [-0.05, 0) is 52.9 Å². The number of aromatic nitrogens is 1. The van der Waals surface area contributed by atoms with Gasteiger partial charge in [-0.3, -0.25) is 4.79 Å². The Morgan fingerprint density at radius 2 is 1.73 bits per heavy atom. The summed E-state index contributed by atoms with van der Waals surface area (Å²) in [6.07, 6.45) is -4.43. The van der Waals surface area contributed by atoms with Crippen LogP contribution in [0, 0.1) is 0 Å². The minimum Gasteiger partial charge on any atom is -0.497 e. The first kappa shape index (κ1) is 22.7. The Bertz CT molecular complexity index is 1270. The van der Waals surface area contributed by atoms with Gasteiger partial charge in [0.2, 0.25) is 0 Å². The zero-order valence-electron chi connectivity index (χ0n) is 17.9. The number of hydrogen-bond acceptors (Lipinski definition) is 4. The number of fused-ring (bicyclic) bond motifs is 1. The number of benzene rings is 2. The first-order valence-electron chi connectivity index (χ1n) is 10.0. The van der Waals surface area contributed by atoms with Gasteiger partial charge in [0.25, 0.3) is 5.91 Å². The van der Waals surface area contributed by atoms with Crippen LogP contribution in [0.1, 0.15) is 27.2 Å².